The Morgan fingerprint density at radius 3 is 2.84 bits per heavy atom. The highest BCUT2D eigenvalue weighted by molar-refractivity contribution is 5.90. The zero-order valence-electron chi connectivity index (χ0n) is 11.6. The van der Waals surface area contributed by atoms with E-state index in [9.17, 15) is 4.79 Å². The number of ether oxygens (including phenoxy) is 1. The van der Waals surface area contributed by atoms with E-state index < -0.39 is 5.97 Å². The molecule has 0 amide bonds. The largest absolute Gasteiger partial charge is 0.462 e. The van der Waals surface area contributed by atoms with E-state index >= 15 is 0 Å². The number of nitrogens with one attached hydrogen (secondary N) is 1. The van der Waals surface area contributed by atoms with Crippen LogP contribution in [0.5, 0.6) is 0 Å². The van der Waals surface area contributed by atoms with Crippen LogP contribution in [0, 0.1) is 19.3 Å². The molecule has 1 rings (SSSR count). The summed E-state index contributed by atoms with van der Waals surface area (Å²) in [7, 11) is 0. The van der Waals surface area contributed by atoms with Crippen molar-refractivity contribution in [1.82, 2.24) is 9.97 Å². The lowest BCUT2D eigenvalue weighted by Gasteiger charge is -2.14. The van der Waals surface area contributed by atoms with E-state index in [4.69, 9.17) is 11.2 Å². The molecular formula is C14H19N3O2. The Bertz CT molecular complexity index is 480. The summed E-state index contributed by atoms with van der Waals surface area (Å²) in [5.41, 5.74) is 0.976. The first kappa shape index (κ1) is 15.0. The van der Waals surface area contributed by atoms with Crippen LogP contribution >= 0.6 is 0 Å². The van der Waals surface area contributed by atoms with Gasteiger partial charge in [-0.15, -0.1) is 12.3 Å². The van der Waals surface area contributed by atoms with E-state index in [1.807, 2.05) is 6.92 Å². The molecule has 0 radical (unpaired) electrons. The first-order chi connectivity index (χ1) is 9.12. The summed E-state index contributed by atoms with van der Waals surface area (Å²) >= 11 is 0. The van der Waals surface area contributed by atoms with Crippen LogP contribution in [0.25, 0.3) is 0 Å². The van der Waals surface area contributed by atoms with Gasteiger partial charge in [-0.05, 0) is 20.3 Å². The van der Waals surface area contributed by atoms with Crippen LogP contribution in [0.2, 0.25) is 0 Å². The normalized spacial score (nSPS) is 11.5. The second kappa shape index (κ2) is 7.37. The molecular weight excluding hydrogens is 242 g/mol. The average Bonchev–Trinajstić information content (AvgIpc) is 2.38. The third-order valence-electron chi connectivity index (χ3n) is 2.66. The highest BCUT2D eigenvalue weighted by Gasteiger charge is 2.13. The molecule has 1 heterocycles. The minimum atomic E-state index is -0.401. The molecule has 0 spiro atoms. The molecule has 5 heteroatoms. The smallest absolute Gasteiger partial charge is 0.341 e. The maximum Gasteiger partial charge on any atom is 0.341 e. The predicted octanol–water partition coefficient (Wildman–Crippen LogP) is 2.18. The fourth-order valence-corrected chi connectivity index (χ4v) is 1.57. The van der Waals surface area contributed by atoms with Crippen molar-refractivity contribution < 1.29 is 9.53 Å². The number of carbonyl (C=O) groups excluding carboxylic acids is 1. The quantitative estimate of drug-likeness (QED) is 0.628. The van der Waals surface area contributed by atoms with E-state index in [2.05, 4.69) is 21.2 Å². The van der Waals surface area contributed by atoms with Crippen LogP contribution in [0.4, 0.5) is 5.95 Å². The van der Waals surface area contributed by atoms with Crippen molar-refractivity contribution in [3.8, 4) is 12.3 Å². The van der Waals surface area contributed by atoms with Crippen LogP contribution in [0.3, 0.4) is 0 Å². The number of hydrogen-bond acceptors (Lipinski definition) is 5. The van der Waals surface area contributed by atoms with E-state index in [0.717, 1.165) is 6.42 Å². The fourth-order valence-electron chi connectivity index (χ4n) is 1.57. The van der Waals surface area contributed by atoms with Crippen molar-refractivity contribution in [1.29, 1.82) is 0 Å². The number of carbonyl (C=O) groups is 1. The monoisotopic (exact) mass is 261 g/mol. The van der Waals surface area contributed by atoms with Gasteiger partial charge in [0.2, 0.25) is 5.95 Å². The van der Waals surface area contributed by atoms with Gasteiger partial charge < -0.3 is 10.1 Å². The molecule has 0 aliphatic carbocycles. The standard InChI is InChI=1S/C14H19N3O2/c1-5-8-11(6-2)17-14-15-9-12(10(4)16-14)13(18)19-7-3/h1,9,11H,6-8H2,2-4H3,(H,15,16,17). The summed E-state index contributed by atoms with van der Waals surface area (Å²) in [6, 6.07) is 0.137. The SMILES string of the molecule is C#CCC(CC)Nc1ncc(C(=O)OCC)c(C)n1. The number of aromatic nitrogens is 2. The Morgan fingerprint density at radius 1 is 1.58 bits per heavy atom. The first-order valence-corrected chi connectivity index (χ1v) is 6.33. The molecule has 1 unspecified atom stereocenters. The second-order valence-electron chi connectivity index (χ2n) is 4.07. The molecule has 0 bridgehead atoms. The number of rotatable bonds is 6. The van der Waals surface area contributed by atoms with E-state index in [1.165, 1.54) is 6.20 Å². The van der Waals surface area contributed by atoms with Gasteiger partial charge >= 0.3 is 5.97 Å². The van der Waals surface area contributed by atoms with Crippen molar-refractivity contribution in [2.45, 2.75) is 39.7 Å². The number of terminal acetylenes is 1. The molecule has 0 aromatic carbocycles. The van der Waals surface area contributed by atoms with Crippen molar-refractivity contribution in [3.05, 3.63) is 17.5 Å². The van der Waals surface area contributed by atoms with Gasteiger partial charge in [0.1, 0.15) is 0 Å². The highest BCUT2D eigenvalue weighted by atomic mass is 16.5. The number of anilines is 1. The summed E-state index contributed by atoms with van der Waals surface area (Å²) < 4.78 is 4.92. The number of nitrogens with zero attached hydrogens (tertiary/aromatic N) is 2. The van der Waals surface area contributed by atoms with Crippen molar-refractivity contribution in [2.75, 3.05) is 11.9 Å². The molecule has 1 aromatic rings. The predicted molar refractivity (Wildman–Crippen MR) is 73.9 cm³/mol. The first-order valence-electron chi connectivity index (χ1n) is 6.33. The maximum absolute atomic E-state index is 11.6. The van der Waals surface area contributed by atoms with Crippen LogP contribution in [0.15, 0.2) is 6.20 Å². The Morgan fingerprint density at radius 2 is 2.32 bits per heavy atom. The van der Waals surface area contributed by atoms with E-state index in [1.54, 1.807) is 13.8 Å². The summed E-state index contributed by atoms with van der Waals surface area (Å²) in [5.74, 6) is 2.69. The van der Waals surface area contributed by atoms with Crippen LogP contribution in [-0.2, 0) is 4.74 Å². The van der Waals surface area contributed by atoms with E-state index in [-0.39, 0.29) is 6.04 Å². The lowest BCUT2D eigenvalue weighted by Crippen LogP contribution is -2.20. The number of hydrogen-bond donors (Lipinski definition) is 1. The van der Waals surface area contributed by atoms with Gasteiger partial charge in [0.25, 0.3) is 0 Å². The molecule has 0 aliphatic rings. The maximum atomic E-state index is 11.6. The summed E-state index contributed by atoms with van der Waals surface area (Å²) in [6.45, 7) is 5.88. The third-order valence-corrected chi connectivity index (χ3v) is 2.66. The van der Waals surface area contributed by atoms with Gasteiger partial charge in [0, 0.05) is 18.7 Å². The zero-order chi connectivity index (χ0) is 14.3. The second-order valence-corrected chi connectivity index (χ2v) is 4.07. The lowest BCUT2D eigenvalue weighted by atomic mass is 10.1. The molecule has 1 atom stereocenters. The van der Waals surface area contributed by atoms with Crippen LogP contribution < -0.4 is 5.32 Å². The van der Waals surface area contributed by atoms with Crippen molar-refractivity contribution in [2.24, 2.45) is 0 Å². The fraction of sp³-hybridized carbons (Fsp3) is 0.500. The molecule has 0 saturated carbocycles. The van der Waals surface area contributed by atoms with Gasteiger partial charge in [-0.2, -0.15) is 0 Å². The Labute approximate surface area is 113 Å². The highest BCUT2D eigenvalue weighted by Crippen LogP contribution is 2.11. The van der Waals surface area contributed by atoms with E-state index in [0.29, 0.717) is 30.2 Å². The summed E-state index contributed by atoms with van der Waals surface area (Å²) in [4.78, 5) is 20.0. The molecule has 1 N–H and O–H groups in total. The third kappa shape index (κ3) is 4.25. The topological polar surface area (TPSA) is 64.1 Å². The van der Waals surface area contributed by atoms with Gasteiger partial charge in [-0.3, -0.25) is 0 Å². The van der Waals surface area contributed by atoms with Gasteiger partial charge in [-0.25, -0.2) is 14.8 Å². The summed E-state index contributed by atoms with van der Waals surface area (Å²) in [6.07, 6.45) is 8.26. The molecule has 1 aromatic heterocycles. The molecule has 19 heavy (non-hydrogen) atoms. The number of aryl methyl sites for hydroxylation is 1. The summed E-state index contributed by atoms with van der Waals surface area (Å²) in [5, 5.41) is 3.15. The van der Waals surface area contributed by atoms with Gasteiger partial charge in [0.15, 0.2) is 0 Å². The molecule has 5 nitrogen and oxygen atoms in total. The van der Waals surface area contributed by atoms with Crippen LogP contribution in [-0.4, -0.2) is 28.6 Å². The van der Waals surface area contributed by atoms with Crippen molar-refractivity contribution >= 4 is 11.9 Å². The molecule has 0 saturated heterocycles. The minimum Gasteiger partial charge on any atom is -0.462 e. The van der Waals surface area contributed by atoms with Crippen LogP contribution in [0.1, 0.15) is 42.7 Å². The minimum absolute atomic E-state index is 0.137. The van der Waals surface area contributed by atoms with Gasteiger partial charge in [-0.1, -0.05) is 6.92 Å². The molecule has 102 valence electrons. The average molecular weight is 261 g/mol. The number of esters is 1. The Balaban J connectivity index is 2.82. The zero-order valence-corrected chi connectivity index (χ0v) is 11.6. The van der Waals surface area contributed by atoms with Crippen molar-refractivity contribution in [3.63, 3.8) is 0 Å². The Kier molecular flexibility index (Phi) is 5.80. The molecule has 0 aliphatic heterocycles. The molecule has 0 fully saturated rings. The lowest BCUT2D eigenvalue weighted by molar-refractivity contribution is 0.0524. The Hall–Kier alpha value is -2.09. The van der Waals surface area contributed by atoms with Gasteiger partial charge in [0.05, 0.1) is 17.9 Å².